The summed E-state index contributed by atoms with van der Waals surface area (Å²) in [6.45, 7) is 10.6. The maximum atomic E-state index is 12.9. The van der Waals surface area contributed by atoms with Gasteiger partial charge in [-0.1, -0.05) is 26.8 Å². The molecule has 0 unspecified atom stereocenters. The lowest BCUT2D eigenvalue weighted by Gasteiger charge is -2.63. The summed E-state index contributed by atoms with van der Waals surface area (Å²) in [5.74, 6) is 0.719. The number of aliphatic hydroxyl groups is 2. The van der Waals surface area contributed by atoms with Gasteiger partial charge in [-0.25, -0.2) is 0 Å². The predicted octanol–water partition coefficient (Wildman–Crippen LogP) is 3.34. The quantitative estimate of drug-likeness (QED) is 0.767. The van der Waals surface area contributed by atoms with E-state index in [2.05, 4.69) is 27.4 Å². The highest BCUT2D eigenvalue weighted by molar-refractivity contribution is 5.83. The molecule has 0 aliphatic heterocycles. The van der Waals surface area contributed by atoms with Gasteiger partial charge < -0.3 is 10.2 Å². The smallest absolute Gasteiger partial charge is 0.136 e. The number of fused-ring (bicyclic) bond motifs is 3. The van der Waals surface area contributed by atoms with Gasteiger partial charge in [-0.2, -0.15) is 0 Å². The van der Waals surface area contributed by atoms with Gasteiger partial charge in [-0.3, -0.25) is 4.79 Å². The number of carbonyl (C=O) groups excluding carboxylic acids is 1. The molecule has 3 aliphatic carbocycles. The summed E-state index contributed by atoms with van der Waals surface area (Å²) in [5.41, 5.74) is -0.454. The van der Waals surface area contributed by atoms with E-state index in [4.69, 9.17) is 0 Å². The van der Waals surface area contributed by atoms with E-state index in [-0.39, 0.29) is 46.7 Å². The molecule has 3 heteroatoms. The monoisotopic (exact) mass is 320 g/mol. The molecule has 0 aromatic carbocycles. The van der Waals surface area contributed by atoms with Crippen LogP contribution in [0.4, 0.5) is 0 Å². The highest BCUT2D eigenvalue weighted by Gasteiger charge is 2.63. The molecule has 0 bridgehead atoms. The number of allylic oxidation sites excluding steroid dienone is 1. The summed E-state index contributed by atoms with van der Waals surface area (Å²) in [4.78, 5) is 12.9. The van der Waals surface area contributed by atoms with Crippen LogP contribution in [0.2, 0.25) is 0 Å². The van der Waals surface area contributed by atoms with E-state index in [0.717, 1.165) is 32.1 Å². The molecule has 0 heterocycles. The first-order chi connectivity index (χ1) is 10.7. The van der Waals surface area contributed by atoms with E-state index >= 15 is 0 Å². The number of hydrogen-bond acceptors (Lipinski definition) is 3. The molecule has 2 N–H and O–H groups in total. The maximum Gasteiger partial charge on any atom is 0.136 e. The SMILES string of the molecule is C=C[C@]1(C)CC[C@H]2[C@H](C1)C(=O)C[C@H]1[C@@](C)(CO)CC[C@H](O)[C@@]21C. The fourth-order valence-electron chi connectivity index (χ4n) is 6.15. The van der Waals surface area contributed by atoms with Gasteiger partial charge in [0.1, 0.15) is 5.78 Å². The first-order valence-corrected chi connectivity index (χ1v) is 9.15. The standard InChI is InChI=1S/C20H32O3/c1-5-18(2)8-6-14-13(11-18)15(22)10-16-19(3,12-21)9-7-17(23)20(14,16)4/h5,13-14,16-17,21,23H,1,6-12H2,2-4H3/t13-,14-,16-,17-,18+,19+,20-/m0/s1. The van der Waals surface area contributed by atoms with Crippen LogP contribution in [0, 0.1) is 34.0 Å². The number of rotatable bonds is 2. The minimum Gasteiger partial charge on any atom is -0.396 e. The minimum atomic E-state index is -0.360. The summed E-state index contributed by atoms with van der Waals surface area (Å²) in [6.07, 6.45) is 6.59. The lowest BCUT2D eigenvalue weighted by molar-refractivity contribution is -0.194. The Balaban J connectivity index is 2.00. The van der Waals surface area contributed by atoms with Crippen molar-refractivity contribution in [2.24, 2.45) is 34.0 Å². The van der Waals surface area contributed by atoms with Crippen molar-refractivity contribution in [3.63, 3.8) is 0 Å². The molecule has 0 saturated heterocycles. The molecule has 3 saturated carbocycles. The molecule has 3 rings (SSSR count). The Bertz CT molecular complexity index is 515. The van der Waals surface area contributed by atoms with Gasteiger partial charge in [-0.05, 0) is 54.8 Å². The van der Waals surface area contributed by atoms with Crippen molar-refractivity contribution in [1.29, 1.82) is 0 Å². The number of Topliss-reactive ketones (excluding diaryl/α,β-unsaturated/α-hetero) is 1. The molecular weight excluding hydrogens is 288 g/mol. The maximum absolute atomic E-state index is 12.9. The van der Waals surface area contributed by atoms with Crippen molar-refractivity contribution in [2.45, 2.75) is 65.4 Å². The average molecular weight is 320 g/mol. The third kappa shape index (κ3) is 2.34. The molecule has 0 radical (unpaired) electrons. The molecule has 0 aromatic heterocycles. The van der Waals surface area contributed by atoms with Gasteiger partial charge in [0, 0.05) is 24.4 Å². The van der Waals surface area contributed by atoms with Crippen LogP contribution in [0.25, 0.3) is 0 Å². The molecule has 3 aliphatic rings. The van der Waals surface area contributed by atoms with Gasteiger partial charge in [0.05, 0.1) is 6.10 Å². The van der Waals surface area contributed by atoms with E-state index in [1.807, 2.05) is 6.08 Å². The van der Waals surface area contributed by atoms with Crippen LogP contribution in [0.5, 0.6) is 0 Å². The zero-order chi connectivity index (χ0) is 17.0. The van der Waals surface area contributed by atoms with E-state index < -0.39 is 0 Å². The van der Waals surface area contributed by atoms with Crippen LogP contribution in [-0.2, 0) is 4.79 Å². The Kier molecular flexibility index (Phi) is 4.04. The molecular formula is C20H32O3. The van der Waals surface area contributed by atoms with Crippen LogP contribution in [0.1, 0.15) is 59.3 Å². The molecule has 130 valence electrons. The van der Waals surface area contributed by atoms with E-state index in [1.54, 1.807) is 0 Å². The number of hydrogen-bond donors (Lipinski definition) is 2. The lowest BCUT2D eigenvalue weighted by Crippen LogP contribution is -2.62. The number of ketones is 1. The molecule has 7 atom stereocenters. The third-order valence-corrected chi connectivity index (χ3v) is 7.97. The van der Waals surface area contributed by atoms with Crippen molar-refractivity contribution < 1.29 is 15.0 Å². The highest BCUT2D eigenvalue weighted by Crippen LogP contribution is 2.64. The van der Waals surface area contributed by atoms with Crippen molar-refractivity contribution in [2.75, 3.05) is 6.61 Å². The summed E-state index contributed by atoms with van der Waals surface area (Å²) >= 11 is 0. The molecule has 0 spiro atoms. The van der Waals surface area contributed by atoms with E-state index in [9.17, 15) is 15.0 Å². The molecule has 23 heavy (non-hydrogen) atoms. The highest BCUT2D eigenvalue weighted by atomic mass is 16.3. The minimum absolute atomic E-state index is 0.0416. The van der Waals surface area contributed by atoms with Crippen LogP contribution in [-0.4, -0.2) is 28.7 Å². The van der Waals surface area contributed by atoms with E-state index in [0.29, 0.717) is 12.2 Å². The summed E-state index contributed by atoms with van der Waals surface area (Å²) in [6, 6.07) is 0. The second-order valence-electron chi connectivity index (χ2n) is 9.27. The van der Waals surface area contributed by atoms with Crippen molar-refractivity contribution in [3.05, 3.63) is 12.7 Å². The van der Waals surface area contributed by atoms with Gasteiger partial charge >= 0.3 is 0 Å². The van der Waals surface area contributed by atoms with Crippen LogP contribution in [0.3, 0.4) is 0 Å². The lowest BCUT2D eigenvalue weighted by atomic mass is 9.42. The van der Waals surface area contributed by atoms with Crippen molar-refractivity contribution in [3.8, 4) is 0 Å². The van der Waals surface area contributed by atoms with E-state index in [1.165, 1.54) is 0 Å². The Hall–Kier alpha value is -0.670. The Morgan fingerprint density at radius 1 is 1.26 bits per heavy atom. The van der Waals surface area contributed by atoms with Crippen LogP contribution >= 0.6 is 0 Å². The Morgan fingerprint density at radius 3 is 2.57 bits per heavy atom. The zero-order valence-corrected chi connectivity index (χ0v) is 14.8. The largest absolute Gasteiger partial charge is 0.396 e. The van der Waals surface area contributed by atoms with Crippen LogP contribution in [0.15, 0.2) is 12.7 Å². The topological polar surface area (TPSA) is 57.5 Å². The van der Waals surface area contributed by atoms with Gasteiger partial charge in [0.15, 0.2) is 0 Å². The molecule has 0 aromatic rings. The fourth-order valence-corrected chi connectivity index (χ4v) is 6.15. The van der Waals surface area contributed by atoms with Crippen LogP contribution < -0.4 is 0 Å². The van der Waals surface area contributed by atoms with Crippen molar-refractivity contribution in [1.82, 2.24) is 0 Å². The molecule has 0 amide bonds. The summed E-state index contributed by atoms with van der Waals surface area (Å²) < 4.78 is 0. The second kappa shape index (κ2) is 5.42. The first-order valence-electron chi connectivity index (χ1n) is 9.15. The van der Waals surface area contributed by atoms with Gasteiger partial charge in [0.25, 0.3) is 0 Å². The average Bonchev–Trinajstić information content (AvgIpc) is 2.54. The molecule has 3 fully saturated rings. The number of aliphatic hydroxyl groups excluding tert-OH is 2. The predicted molar refractivity (Wildman–Crippen MR) is 90.8 cm³/mol. The first kappa shape index (κ1) is 17.2. The van der Waals surface area contributed by atoms with Gasteiger partial charge in [0.2, 0.25) is 0 Å². The summed E-state index contributed by atoms with van der Waals surface area (Å²) in [7, 11) is 0. The second-order valence-corrected chi connectivity index (χ2v) is 9.27. The fraction of sp³-hybridized carbons (Fsp3) is 0.850. The Morgan fingerprint density at radius 2 is 1.96 bits per heavy atom. The molecule has 3 nitrogen and oxygen atoms in total. The summed E-state index contributed by atoms with van der Waals surface area (Å²) in [5, 5.41) is 20.9. The Labute approximate surface area is 140 Å². The normalized spacial score (nSPS) is 53.3. The van der Waals surface area contributed by atoms with Gasteiger partial charge in [-0.15, -0.1) is 6.58 Å². The zero-order valence-electron chi connectivity index (χ0n) is 14.8. The number of carbonyl (C=O) groups is 1. The van der Waals surface area contributed by atoms with Crippen molar-refractivity contribution >= 4 is 5.78 Å². The third-order valence-electron chi connectivity index (χ3n) is 7.97.